The van der Waals surface area contributed by atoms with Gasteiger partial charge in [-0.25, -0.2) is 0 Å². The Bertz CT molecular complexity index is 562. The van der Waals surface area contributed by atoms with Gasteiger partial charge < -0.3 is 11.1 Å². The van der Waals surface area contributed by atoms with Gasteiger partial charge in [-0.15, -0.1) is 0 Å². The minimum Gasteiger partial charge on any atom is -0.372 e. The summed E-state index contributed by atoms with van der Waals surface area (Å²) in [5, 5.41) is 12.0. The summed E-state index contributed by atoms with van der Waals surface area (Å²) in [6.07, 6.45) is 1.61. The number of nitrogens with zero attached hydrogens (tertiary/aromatic N) is 2. The number of nitrogens with one attached hydrogen (secondary N) is 1. The molecule has 1 unspecified atom stereocenters. The van der Waals surface area contributed by atoms with E-state index in [4.69, 9.17) is 5.73 Å². The van der Waals surface area contributed by atoms with Crippen molar-refractivity contribution in [3.63, 3.8) is 0 Å². The number of aromatic nitrogens is 2. The van der Waals surface area contributed by atoms with Crippen LogP contribution in [0.25, 0.3) is 10.9 Å². The molecule has 0 radical (unpaired) electrons. The minimum atomic E-state index is -0.419. The Morgan fingerprint density at radius 2 is 2.06 bits per heavy atom. The van der Waals surface area contributed by atoms with Crippen LogP contribution in [0.5, 0.6) is 0 Å². The summed E-state index contributed by atoms with van der Waals surface area (Å²) < 4.78 is 0. The fraction of sp³-hybridized carbons (Fsp3) is 0.308. The third-order valence-corrected chi connectivity index (χ3v) is 2.83. The second-order valence-electron chi connectivity index (χ2n) is 4.54. The monoisotopic (exact) mass is 244 g/mol. The number of anilines is 1. The Labute approximate surface area is 105 Å². The van der Waals surface area contributed by atoms with Crippen molar-refractivity contribution in [3.05, 3.63) is 30.5 Å². The summed E-state index contributed by atoms with van der Waals surface area (Å²) in [6.45, 7) is 3.89. The lowest BCUT2D eigenvalue weighted by Crippen LogP contribution is -2.39. The van der Waals surface area contributed by atoms with E-state index in [1.54, 1.807) is 6.20 Å². The molecule has 1 aromatic carbocycles. The molecule has 94 valence electrons. The summed E-state index contributed by atoms with van der Waals surface area (Å²) in [4.78, 5) is 11.4. The first-order valence-corrected chi connectivity index (χ1v) is 5.86. The molecule has 0 aliphatic heterocycles. The van der Waals surface area contributed by atoms with Gasteiger partial charge in [-0.3, -0.25) is 4.79 Å². The molecule has 1 atom stereocenters. The van der Waals surface area contributed by atoms with E-state index in [0.29, 0.717) is 0 Å². The molecule has 5 heteroatoms. The van der Waals surface area contributed by atoms with Crippen LogP contribution in [-0.2, 0) is 4.79 Å². The van der Waals surface area contributed by atoms with Crippen LogP contribution in [0.3, 0.4) is 0 Å². The smallest absolute Gasteiger partial charge is 0.240 e. The van der Waals surface area contributed by atoms with Crippen LogP contribution >= 0.6 is 0 Å². The molecule has 0 fully saturated rings. The Kier molecular flexibility index (Phi) is 3.41. The number of amides is 1. The van der Waals surface area contributed by atoms with Crippen molar-refractivity contribution in [3.8, 4) is 0 Å². The van der Waals surface area contributed by atoms with Crippen LogP contribution in [0.15, 0.2) is 30.5 Å². The average Bonchev–Trinajstić information content (AvgIpc) is 2.35. The quantitative estimate of drug-likeness (QED) is 0.855. The van der Waals surface area contributed by atoms with E-state index >= 15 is 0 Å². The van der Waals surface area contributed by atoms with E-state index in [1.165, 1.54) is 0 Å². The van der Waals surface area contributed by atoms with Gasteiger partial charge in [0.1, 0.15) is 6.04 Å². The molecule has 3 N–H and O–H groups in total. The van der Waals surface area contributed by atoms with Gasteiger partial charge in [-0.05, 0) is 12.0 Å². The molecule has 0 saturated heterocycles. The molecule has 0 bridgehead atoms. The van der Waals surface area contributed by atoms with E-state index in [1.807, 2.05) is 38.1 Å². The fourth-order valence-electron chi connectivity index (χ4n) is 1.86. The molecule has 1 amide bonds. The van der Waals surface area contributed by atoms with Crippen LogP contribution in [0.2, 0.25) is 0 Å². The Hall–Kier alpha value is -2.17. The van der Waals surface area contributed by atoms with Crippen LogP contribution < -0.4 is 11.1 Å². The third kappa shape index (κ3) is 2.40. The van der Waals surface area contributed by atoms with Crippen LogP contribution in [-0.4, -0.2) is 22.1 Å². The molecule has 18 heavy (non-hydrogen) atoms. The summed E-state index contributed by atoms with van der Waals surface area (Å²) in [5.41, 5.74) is 6.95. The lowest BCUT2D eigenvalue weighted by atomic mass is 10.0. The SMILES string of the molecule is CC(C)C(Nc1cnnc2ccccc12)C(N)=O. The molecule has 2 rings (SSSR count). The molecule has 5 nitrogen and oxygen atoms in total. The van der Waals surface area contributed by atoms with Crippen molar-refractivity contribution >= 4 is 22.5 Å². The maximum absolute atomic E-state index is 11.4. The second kappa shape index (κ2) is 5.00. The molecular formula is C13H16N4O. The van der Waals surface area contributed by atoms with Crippen molar-refractivity contribution in [2.75, 3.05) is 5.32 Å². The average molecular weight is 244 g/mol. The van der Waals surface area contributed by atoms with E-state index in [9.17, 15) is 4.79 Å². The minimum absolute atomic E-state index is 0.106. The first kappa shape index (κ1) is 12.3. The van der Waals surface area contributed by atoms with E-state index < -0.39 is 6.04 Å². The number of carbonyl (C=O) groups excluding carboxylic acids is 1. The lowest BCUT2D eigenvalue weighted by Gasteiger charge is -2.20. The number of hydrogen-bond acceptors (Lipinski definition) is 4. The predicted octanol–water partition coefficient (Wildman–Crippen LogP) is 1.55. The van der Waals surface area contributed by atoms with Crippen molar-refractivity contribution < 1.29 is 4.79 Å². The number of benzene rings is 1. The zero-order chi connectivity index (χ0) is 13.1. The molecule has 1 aromatic heterocycles. The van der Waals surface area contributed by atoms with Crippen molar-refractivity contribution in [1.29, 1.82) is 0 Å². The Balaban J connectivity index is 2.39. The molecular weight excluding hydrogens is 228 g/mol. The maximum Gasteiger partial charge on any atom is 0.240 e. The van der Waals surface area contributed by atoms with Gasteiger partial charge in [0.25, 0.3) is 0 Å². The summed E-state index contributed by atoms with van der Waals surface area (Å²) in [5.74, 6) is -0.264. The highest BCUT2D eigenvalue weighted by molar-refractivity contribution is 5.92. The van der Waals surface area contributed by atoms with Crippen LogP contribution in [0.4, 0.5) is 5.69 Å². The number of primary amides is 1. The van der Waals surface area contributed by atoms with Gasteiger partial charge in [-0.1, -0.05) is 32.0 Å². The fourth-order valence-corrected chi connectivity index (χ4v) is 1.86. The summed E-state index contributed by atoms with van der Waals surface area (Å²) in [7, 11) is 0. The maximum atomic E-state index is 11.4. The van der Waals surface area contributed by atoms with E-state index in [-0.39, 0.29) is 11.8 Å². The number of rotatable bonds is 4. The molecule has 0 aliphatic rings. The highest BCUT2D eigenvalue weighted by atomic mass is 16.1. The number of carbonyl (C=O) groups is 1. The van der Waals surface area contributed by atoms with Gasteiger partial charge in [0.2, 0.25) is 5.91 Å². The third-order valence-electron chi connectivity index (χ3n) is 2.83. The summed E-state index contributed by atoms with van der Waals surface area (Å²) >= 11 is 0. The largest absolute Gasteiger partial charge is 0.372 e. The van der Waals surface area contributed by atoms with Gasteiger partial charge in [-0.2, -0.15) is 10.2 Å². The van der Waals surface area contributed by atoms with Gasteiger partial charge in [0, 0.05) is 5.39 Å². The highest BCUT2D eigenvalue weighted by Crippen LogP contribution is 2.21. The predicted molar refractivity (Wildman–Crippen MR) is 71.0 cm³/mol. The summed E-state index contributed by atoms with van der Waals surface area (Å²) in [6, 6.07) is 7.21. The van der Waals surface area contributed by atoms with Crippen LogP contribution in [0, 0.1) is 5.92 Å². The molecule has 1 heterocycles. The number of fused-ring (bicyclic) bond motifs is 1. The normalized spacial score (nSPS) is 12.6. The van der Waals surface area contributed by atoms with Gasteiger partial charge >= 0.3 is 0 Å². The lowest BCUT2D eigenvalue weighted by molar-refractivity contribution is -0.119. The van der Waals surface area contributed by atoms with Gasteiger partial charge in [0.15, 0.2) is 0 Å². The topological polar surface area (TPSA) is 80.9 Å². The molecule has 2 aromatic rings. The number of nitrogens with two attached hydrogens (primary N) is 1. The molecule has 0 spiro atoms. The molecule has 0 aliphatic carbocycles. The van der Waals surface area contributed by atoms with Gasteiger partial charge in [0.05, 0.1) is 17.4 Å². The zero-order valence-electron chi connectivity index (χ0n) is 10.4. The van der Waals surface area contributed by atoms with E-state index in [2.05, 4.69) is 15.5 Å². The number of hydrogen-bond donors (Lipinski definition) is 2. The first-order chi connectivity index (χ1) is 8.59. The second-order valence-corrected chi connectivity index (χ2v) is 4.54. The molecule has 0 saturated carbocycles. The zero-order valence-corrected chi connectivity index (χ0v) is 10.4. The van der Waals surface area contributed by atoms with Crippen LogP contribution in [0.1, 0.15) is 13.8 Å². The van der Waals surface area contributed by atoms with Crippen molar-refractivity contribution in [2.45, 2.75) is 19.9 Å². The first-order valence-electron chi connectivity index (χ1n) is 5.86. The van der Waals surface area contributed by atoms with E-state index in [0.717, 1.165) is 16.6 Å². The van der Waals surface area contributed by atoms with Crippen molar-refractivity contribution in [2.24, 2.45) is 11.7 Å². The Morgan fingerprint density at radius 3 is 2.72 bits per heavy atom. The Morgan fingerprint density at radius 1 is 1.33 bits per heavy atom. The van der Waals surface area contributed by atoms with Crippen molar-refractivity contribution in [1.82, 2.24) is 10.2 Å². The standard InChI is InChI=1S/C13H16N4O/c1-8(2)12(13(14)18)16-11-7-15-17-10-6-4-3-5-9(10)11/h3-8,12H,1-2H3,(H2,14,18)(H,16,17). The highest BCUT2D eigenvalue weighted by Gasteiger charge is 2.20.